The molecule has 1 unspecified atom stereocenters. The zero-order valence-corrected chi connectivity index (χ0v) is 21.2. The summed E-state index contributed by atoms with van der Waals surface area (Å²) in [6.07, 6.45) is 0. The minimum Gasteiger partial charge on any atom is -0.325 e. The summed E-state index contributed by atoms with van der Waals surface area (Å²) in [5, 5.41) is 7.68. The van der Waals surface area contributed by atoms with E-state index in [9.17, 15) is 9.59 Å². The molecule has 5 heteroatoms. The number of rotatable bonds is 7. The molecule has 0 aliphatic carbocycles. The van der Waals surface area contributed by atoms with Gasteiger partial charge in [0.25, 0.3) is 5.91 Å². The van der Waals surface area contributed by atoms with E-state index in [0.717, 1.165) is 32.5 Å². The first kappa shape index (κ1) is 24.3. The minimum atomic E-state index is -0.464. The van der Waals surface area contributed by atoms with Crippen LogP contribution < -0.4 is 10.6 Å². The van der Waals surface area contributed by atoms with Crippen molar-refractivity contribution in [3.8, 4) is 0 Å². The number of carbonyl (C=O) groups excluding carboxylic acids is 2. The number of hydrogen-bond donors (Lipinski definition) is 2. The molecule has 2 N–H and O–H groups in total. The van der Waals surface area contributed by atoms with E-state index in [1.165, 1.54) is 11.8 Å². The Morgan fingerprint density at radius 3 is 2.16 bits per heavy atom. The van der Waals surface area contributed by atoms with E-state index in [2.05, 4.69) is 10.6 Å². The first-order chi connectivity index (χ1) is 18.0. The first-order valence-corrected chi connectivity index (χ1v) is 12.9. The van der Waals surface area contributed by atoms with Gasteiger partial charge < -0.3 is 10.6 Å². The van der Waals surface area contributed by atoms with Gasteiger partial charge in [0.15, 0.2) is 0 Å². The highest BCUT2D eigenvalue weighted by Crippen LogP contribution is 2.37. The smallest absolute Gasteiger partial charge is 0.255 e. The second kappa shape index (κ2) is 11.1. The molecule has 0 bridgehead atoms. The van der Waals surface area contributed by atoms with Crippen molar-refractivity contribution in [3.05, 3.63) is 138 Å². The maximum Gasteiger partial charge on any atom is 0.255 e. The zero-order chi connectivity index (χ0) is 25.6. The van der Waals surface area contributed by atoms with E-state index < -0.39 is 5.25 Å². The number of amides is 2. The molecule has 0 spiro atoms. The molecule has 5 rings (SSSR count). The van der Waals surface area contributed by atoms with Gasteiger partial charge in [-0.15, -0.1) is 11.8 Å². The fraction of sp³-hybridized carbons (Fsp3) is 0.0625. The van der Waals surface area contributed by atoms with Crippen LogP contribution in [0.4, 0.5) is 11.4 Å². The lowest BCUT2D eigenvalue weighted by Crippen LogP contribution is -2.19. The number of carbonyl (C=O) groups is 2. The third kappa shape index (κ3) is 6.08. The van der Waals surface area contributed by atoms with E-state index in [4.69, 9.17) is 0 Å². The summed E-state index contributed by atoms with van der Waals surface area (Å²) in [6.45, 7) is 2.01. The van der Waals surface area contributed by atoms with Gasteiger partial charge >= 0.3 is 0 Å². The molecule has 0 radical (unpaired) electrons. The fourth-order valence-electron chi connectivity index (χ4n) is 4.06. The highest BCUT2D eigenvalue weighted by molar-refractivity contribution is 8.00. The largest absolute Gasteiger partial charge is 0.325 e. The van der Waals surface area contributed by atoms with Crippen molar-refractivity contribution in [2.24, 2.45) is 0 Å². The third-order valence-corrected chi connectivity index (χ3v) is 7.27. The van der Waals surface area contributed by atoms with Crippen molar-refractivity contribution >= 4 is 45.7 Å². The number of hydrogen-bond acceptors (Lipinski definition) is 3. The van der Waals surface area contributed by atoms with Gasteiger partial charge in [-0.1, -0.05) is 84.4 Å². The number of fused-ring (bicyclic) bond motifs is 1. The van der Waals surface area contributed by atoms with Gasteiger partial charge in [-0.3, -0.25) is 9.59 Å². The minimum absolute atomic E-state index is 0.106. The normalized spacial score (nSPS) is 11.6. The van der Waals surface area contributed by atoms with Gasteiger partial charge in [0.05, 0.1) is 0 Å². The molecule has 0 aliphatic rings. The SMILES string of the molecule is Cc1ccc(NC(=O)C(Sc2cccc(NC(=O)c3ccc4ccccc4c3)c2)c2ccccc2)cc1. The van der Waals surface area contributed by atoms with E-state index in [0.29, 0.717) is 11.3 Å². The van der Waals surface area contributed by atoms with Crippen LogP contribution in [-0.4, -0.2) is 11.8 Å². The van der Waals surface area contributed by atoms with Crippen molar-refractivity contribution in [2.45, 2.75) is 17.1 Å². The Hall–Kier alpha value is -4.35. The molecular weight excluding hydrogens is 476 g/mol. The Labute approximate surface area is 220 Å². The Bertz CT molecular complexity index is 1550. The van der Waals surface area contributed by atoms with Crippen LogP contribution in [-0.2, 0) is 4.79 Å². The highest BCUT2D eigenvalue weighted by Gasteiger charge is 2.22. The van der Waals surface area contributed by atoms with Gasteiger partial charge in [0.1, 0.15) is 5.25 Å². The van der Waals surface area contributed by atoms with Crippen molar-refractivity contribution in [1.82, 2.24) is 0 Å². The van der Waals surface area contributed by atoms with Gasteiger partial charge in [-0.05, 0) is 65.7 Å². The van der Waals surface area contributed by atoms with Crippen molar-refractivity contribution in [1.29, 1.82) is 0 Å². The molecule has 0 saturated heterocycles. The summed E-state index contributed by atoms with van der Waals surface area (Å²) in [6, 6.07) is 38.7. The lowest BCUT2D eigenvalue weighted by Gasteiger charge is -2.18. The average Bonchev–Trinajstić information content (AvgIpc) is 2.93. The van der Waals surface area contributed by atoms with Crippen LogP contribution in [0.3, 0.4) is 0 Å². The van der Waals surface area contributed by atoms with Crippen molar-refractivity contribution < 1.29 is 9.59 Å². The Balaban J connectivity index is 1.35. The van der Waals surface area contributed by atoms with Crippen LogP contribution in [0, 0.1) is 6.92 Å². The number of thioether (sulfide) groups is 1. The van der Waals surface area contributed by atoms with Crippen LogP contribution in [0.25, 0.3) is 10.8 Å². The summed E-state index contributed by atoms with van der Waals surface area (Å²) >= 11 is 1.45. The molecule has 0 heterocycles. The molecule has 0 saturated carbocycles. The fourth-order valence-corrected chi connectivity index (χ4v) is 5.15. The summed E-state index contributed by atoms with van der Waals surface area (Å²) in [4.78, 5) is 27.2. The third-order valence-electron chi connectivity index (χ3n) is 6.02. The second-order valence-electron chi connectivity index (χ2n) is 8.81. The molecule has 4 nitrogen and oxygen atoms in total. The quantitative estimate of drug-likeness (QED) is 0.223. The van der Waals surface area contributed by atoms with E-state index in [1.807, 2.05) is 128 Å². The Morgan fingerprint density at radius 1 is 0.649 bits per heavy atom. The molecule has 5 aromatic rings. The summed E-state index contributed by atoms with van der Waals surface area (Å²) < 4.78 is 0. The molecule has 37 heavy (non-hydrogen) atoms. The van der Waals surface area contributed by atoms with Crippen LogP contribution in [0.5, 0.6) is 0 Å². The van der Waals surface area contributed by atoms with Crippen molar-refractivity contribution in [3.63, 3.8) is 0 Å². The van der Waals surface area contributed by atoms with Gasteiger partial charge in [-0.25, -0.2) is 0 Å². The maximum absolute atomic E-state index is 13.4. The van der Waals surface area contributed by atoms with Gasteiger partial charge in [-0.2, -0.15) is 0 Å². The standard InChI is InChI=1S/C32H26N2O2S/c1-22-14-18-27(19-15-22)33-32(36)30(24-9-3-2-4-10-24)37-29-13-7-12-28(21-29)34-31(35)26-17-16-23-8-5-6-11-25(23)20-26/h2-21,30H,1H3,(H,33,36)(H,34,35). The number of anilines is 2. The second-order valence-corrected chi connectivity index (χ2v) is 9.99. The molecular formula is C32H26N2O2S. The van der Waals surface area contributed by atoms with E-state index in [-0.39, 0.29) is 11.8 Å². The first-order valence-electron chi connectivity index (χ1n) is 12.0. The molecule has 5 aromatic carbocycles. The van der Waals surface area contributed by atoms with Gasteiger partial charge in [0.2, 0.25) is 5.91 Å². The Kier molecular flexibility index (Phi) is 7.33. The highest BCUT2D eigenvalue weighted by atomic mass is 32.2. The Morgan fingerprint density at radius 2 is 1.38 bits per heavy atom. The summed E-state index contributed by atoms with van der Waals surface area (Å²) in [5.74, 6) is -0.282. The maximum atomic E-state index is 13.4. The average molecular weight is 503 g/mol. The van der Waals surface area contributed by atoms with Gasteiger partial charge in [0, 0.05) is 21.8 Å². The molecule has 2 amide bonds. The number of benzene rings is 5. The van der Waals surface area contributed by atoms with Crippen LogP contribution in [0.2, 0.25) is 0 Å². The predicted octanol–water partition coefficient (Wildman–Crippen LogP) is 7.87. The molecule has 0 fully saturated rings. The van der Waals surface area contributed by atoms with Crippen molar-refractivity contribution in [2.75, 3.05) is 10.6 Å². The topological polar surface area (TPSA) is 58.2 Å². The lowest BCUT2D eigenvalue weighted by atomic mass is 10.1. The molecule has 1 atom stereocenters. The molecule has 0 aliphatic heterocycles. The van der Waals surface area contributed by atoms with Crippen LogP contribution >= 0.6 is 11.8 Å². The summed E-state index contributed by atoms with van der Waals surface area (Å²) in [5.41, 5.74) is 4.07. The summed E-state index contributed by atoms with van der Waals surface area (Å²) in [7, 11) is 0. The number of aryl methyl sites for hydroxylation is 1. The van der Waals surface area contributed by atoms with Crippen LogP contribution in [0.15, 0.2) is 126 Å². The monoisotopic (exact) mass is 502 g/mol. The predicted molar refractivity (Wildman–Crippen MR) is 153 cm³/mol. The van der Waals surface area contributed by atoms with Crippen LogP contribution in [0.1, 0.15) is 26.7 Å². The number of nitrogens with one attached hydrogen (secondary N) is 2. The van der Waals surface area contributed by atoms with E-state index in [1.54, 1.807) is 0 Å². The lowest BCUT2D eigenvalue weighted by molar-refractivity contribution is -0.115. The molecule has 182 valence electrons. The zero-order valence-electron chi connectivity index (χ0n) is 20.3. The van der Waals surface area contributed by atoms with E-state index >= 15 is 0 Å². The molecule has 0 aromatic heterocycles.